The SMILES string of the molecule is SCC1(CSc2ncn[nH]2)CC1. The van der Waals surface area contributed by atoms with E-state index in [1.54, 1.807) is 18.1 Å². The summed E-state index contributed by atoms with van der Waals surface area (Å²) in [6, 6.07) is 0. The number of aromatic amines is 1. The van der Waals surface area contributed by atoms with Crippen LogP contribution in [0.1, 0.15) is 12.8 Å². The highest BCUT2D eigenvalue weighted by Gasteiger charge is 2.41. The number of nitrogens with one attached hydrogen (secondary N) is 1. The van der Waals surface area contributed by atoms with Crippen LogP contribution in [0, 0.1) is 5.41 Å². The second-order valence-electron chi connectivity index (χ2n) is 3.24. The molecule has 1 fully saturated rings. The second-order valence-corrected chi connectivity index (χ2v) is 4.52. The predicted octanol–water partition coefficient (Wildman–Crippen LogP) is 1.61. The minimum absolute atomic E-state index is 0.501. The summed E-state index contributed by atoms with van der Waals surface area (Å²) in [7, 11) is 0. The lowest BCUT2D eigenvalue weighted by Crippen LogP contribution is -2.05. The van der Waals surface area contributed by atoms with Gasteiger partial charge in [-0.25, -0.2) is 4.98 Å². The van der Waals surface area contributed by atoms with Crippen molar-refractivity contribution in [2.75, 3.05) is 11.5 Å². The average molecular weight is 201 g/mol. The Kier molecular flexibility index (Phi) is 2.32. The lowest BCUT2D eigenvalue weighted by atomic mass is 10.2. The highest BCUT2D eigenvalue weighted by atomic mass is 32.2. The van der Waals surface area contributed by atoms with Crippen molar-refractivity contribution in [3.8, 4) is 0 Å². The minimum Gasteiger partial charge on any atom is -0.254 e. The number of thioether (sulfide) groups is 1. The van der Waals surface area contributed by atoms with E-state index in [9.17, 15) is 0 Å². The van der Waals surface area contributed by atoms with Crippen LogP contribution in [0.2, 0.25) is 0 Å². The molecule has 0 radical (unpaired) electrons. The molecule has 1 heterocycles. The predicted molar refractivity (Wildman–Crippen MR) is 52.6 cm³/mol. The highest BCUT2D eigenvalue weighted by molar-refractivity contribution is 7.99. The first-order valence-corrected chi connectivity index (χ1v) is 5.55. The van der Waals surface area contributed by atoms with Crippen molar-refractivity contribution in [1.82, 2.24) is 15.2 Å². The monoisotopic (exact) mass is 201 g/mol. The van der Waals surface area contributed by atoms with Gasteiger partial charge in [0.05, 0.1) is 0 Å². The van der Waals surface area contributed by atoms with Crippen LogP contribution in [-0.4, -0.2) is 26.7 Å². The third-order valence-corrected chi connectivity index (χ3v) is 4.10. The Bertz CT molecular complexity index is 243. The normalized spacial score (nSPS) is 19.4. The maximum atomic E-state index is 4.34. The van der Waals surface area contributed by atoms with Crippen molar-refractivity contribution in [3.05, 3.63) is 6.33 Å². The molecule has 66 valence electrons. The Labute approximate surface area is 81.1 Å². The van der Waals surface area contributed by atoms with Crippen LogP contribution >= 0.6 is 24.4 Å². The van der Waals surface area contributed by atoms with Gasteiger partial charge in [0.2, 0.25) is 0 Å². The molecule has 0 spiro atoms. The largest absolute Gasteiger partial charge is 0.254 e. The molecule has 1 saturated carbocycles. The summed E-state index contributed by atoms with van der Waals surface area (Å²) in [6.07, 6.45) is 4.18. The summed E-state index contributed by atoms with van der Waals surface area (Å²) in [6.45, 7) is 0. The van der Waals surface area contributed by atoms with Crippen LogP contribution in [0.4, 0.5) is 0 Å². The summed E-state index contributed by atoms with van der Waals surface area (Å²) >= 11 is 6.08. The lowest BCUT2D eigenvalue weighted by Gasteiger charge is -2.08. The molecule has 1 aromatic rings. The molecule has 0 saturated heterocycles. The fraction of sp³-hybridized carbons (Fsp3) is 0.714. The summed E-state index contributed by atoms with van der Waals surface area (Å²) in [5.41, 5.74) is 0.501. The molecule has 0 aromatic carbocycles. The Balaban J connectivity index is 1.83. The molecule has 0 bridgehead atoms. The smallest absolute Gasteiger partial charge is 0.183 e. The van der Waals surface area contributed by atoms with Gasteiger partial charge in [-0.1, -0.05) is 11.8 Å². The molecule has 12 heavy (non-hydrogen) atoms. The van der Waals surface area contributed by atoms with Crippen LogP contribution in [0.5, 0.6) is 0 Å². The number of rotatable bonds is 4. The summed E-state index contributed by atoms with van der Waals surface area (Å²) < 4.78 is 0. The minimum atomic E-state index is 0.501. The topological polar surface area (TPSA) is 41.6 Å². The molecule has 0 aliphatic heterocycles. The van der Waals surface area contributed by atoms with Crippen LogP contribution in [0.25, 0.3) is 0 Å². The van der Waals surface area contributed by atoms with Gasteiger partial charge in [0.1, 0.15) is 6.33 Å². The molecule has 1 aliphatic carbocycles. The zero-order valence-corrected chi connectivity index (χ0v) is 8.37. The summed E-state index contributed by atoms with van der Waals surface area (Å²) in [5.74, 6) is 2.11. The maximum Gasteiger partial charge on any atom is 0.183 e. The second kappa shape index (κ2) is 3.30. The third-order valence-electron chi connectivity index (χ3n) is 2.20. The third kappa shape index (κ3) is 1.77. The van der Waals surface area contributed by atoms with Gasteiger partial charge in [-0.3, -0.25) is 5.10 Å². The first-order valence-electron chi connectivity index (χ1n) is 3.94. The van der Waals surface area contributed by atoms with Gasteiger partial charge >= 0.3 is 0 Å². The van der Waals surface area contributed by atoms with Gasteiger partial charge in [0.25, 0.3) is 0 Å². The van der Waals surface area contributed by atoms with E-state index in [-0.39, 0.29) is 0 Å². The highest BCUT2D eigenvalue weighted by Crippen LogP contribution is 2.49. The van der Waals surface area contributed by atoms with E-state index in [1.807, 2.05) is 0 Å². The molecule has 0 atom stereocenters. The van der Waals surface area contributed by atoms with Crippen LogP contribution in [0.15, 0.2) is 11.5 Å². The molecule has 1 aromatic heterocycles. The van der Waals surface area contributed by atoms with Crippen molar-refractivity contribution in [2.45, 2.75) is 18.0 Å². The van der Waals surface area contributed by atoms with Crippen LogP contribution in [-0.2, 0) is 0 Å². The first kappa shape index (κ1) is 8.44. The van der Waals surface area contributed by atoms with E-state index < -0.39 is 0 Å². The van der Waals surface area contributed by atoms with Gasteiger partial charge in [-0.05, 0) is 24.0 Å². The number of hydrogen-bond acceptors (Lipinski definition) is 4. The molecule has 5 heteroatoms. The molecule has 1 N–H and O–H groups in total. The summed E-state index contributed by atoms with van der Waals surface area (Å²) in [4.78, 5) is 4.05. The fourth-order valence-corrected chi connectivity index (χ4v) is 2.66. The maximum absolute atomic E-state index is 4.34. The van der Waals surface area contributed by atoms with Crippen molar-refractivity contribution in [2.24, 2.45) is 5.41 Å². The fourth-order valence-electron chi connectivity index (χ4n) is 1.01. The molecule has 0 unspecified atom stereocenters. The van der Waals surface area contributed by atoms with E-state index in [0.29, 0.717) is 5.41 Å². The van der Waals surface area contributed by atoms with Crippen molar-refractivity contribution >= 4 is 24.4 Å². The van der Waals surface area contributed by atoms with E-state index in [0.717, 1.165) is 16.7 Å². The van der Waals surface area contributed by atoms with E-state index >= 15 is 0 Å². The van der Waals surface area contributed by atoms with Gasteiger partial charge in [-0.2, -0.15) is 17.7 Å². The molecular formula is C7H11N3S2. The average Bonchev–Trinajstić information content (AvgIpc) is 2.70. The molecular weight excluding hydrogens is 190 g/mol. The van der Waals surface area contributed by atoms with Gasteiger partial charge in [-0.15, -0.1) is 0 Å². The van der Waals surface area contributed by atoms with Gasteiger partial charge in [0, 0.05) is 5.75 Å². The molecule has 2 rings (SSSR count). The Morgan fingerprint density at radius 1 is 1.67 bits per heavy atom. The standard InChI is InChI=1S/C7H11N3S2/c11-3-7(1-2-7)4-12-6-8-5-9-10-6/h5,11H,1-4H2,(H,8,9,10). The number of hydrogen-bond donors (Lipinski definition) is 2. The number of nitrogens with zero attached hydrogens (tertiary/aromatic N) is 2. The first-order chi connectivity index (χ1) is 5.85. The van der Waals surface area contributed by atoms with Crippen molar-refractivity contribution in [1.29, 1.82) is 0 Å². The zero-order valence-electron chi connectivity index (χ0n) is 6.66. The van der Waals surface area contributed by atoms with Crippen molar-refractivity contribution < 1.29 is 0 Å². The van der Waals surface area contributed by atoms with Gasteiger partial charge < -0.3 is 0 Å². The Morgan fingerprint density at radius 3 is 3.00 bits per heavy atom. The van der Waals surface area contributed by atoms with Gasteiger partial charge in [0.15, 0.2) is 5.16 Å². The number of thiol groups is 1. The number of aromatic nitrogens is 3. The molecule has 3 nitrogen and oxygen atoms in total. The zero-order chi connectivity index (χ0) is 8.44. The quantitative estimate of drug-likeness (QED) is 0.574. The van der Waals surface area contributed by atoms with E-state index in [4.69, 9.17) is 0 Å². The van der Waals surface area contributed by atoms with Crippen LogP contribution in [0.3, 0.4) is 0 Å². The molecule has 0 amide bonds. The van der Waals surface area contributed by atoms with Crippen LogP contribution < -0.4 is 0 Å². The molecule has 1 aliphatic rings. The number of H-pyrrole nitrogens is 1. The lowest BCUT2D eigenvalue weighted by molar-refractivity contribution is 0.681. The van der Waals surface area contributed by atoms with Crippen molar-refractivity contribution in [3.63, 3.8) is 0 Å². The Morgan fingerprint density at radius 2 is 2.50 bits per heavy atom. The van der Waals surface area contributed by atoms with E-state index in [2.05, 4.69) is 27.8 Å². The Hall–Kier alpha value is -0.160. The van der Waals surface area contributed by atoms with E-state index in [1.165, 1.54) is 12.8 Å². The summed E-state index contributed by atoms with van der Waals surface area (Å²) in [5, 5.41) is 7.55.